The largest absolute Gasteiger partial charge is 0.497 e. The van der Waals surface area contributed by atoms with E-state index in [0.717, 1.165) is 34.1 Å². The normalized spacial score (nSPS) is 11.0. The van der Waals surface area contributed by atoms with Gasteiger partial charge in [0.25, 0.3) is 0 Å². The molecule has 0 saturated carbocycles. The Balaban J connectivity index is 2.19. The molecule has 0 bridgehead atoms. The van der Waals surface area contributed by atoms with Crippen molar-refractivity contribution in [3.05, 3.63) is 40.8 Å². The third kappa shape index (κ3) is 4.24. The maximum absolute atomic E-state index is 9.36. The molecule has 0 amide bonds. The van der Waals surface area contributed by atoms with Crippen LogP contribution in [0.15, 0.2) is 22.7 Å². The summed E-state index contributed by atoms with van der Waals surface area (Å²) in [6.45, 7) is 5.78. The van der Waals surface area contributed by atoms with Crippen molar-refractivity contribution in [2.24, 2.45) is 0 Å². The Morgan fingerprint density at radius 2 is 1.96 bits per heavy atom. The summed E-state index contributed by atoms with van der Waals surface area (Å²) in [6.07, 6.45) is 0. The zero-order chi connectivity index (χ0) is 16.8. The van der Waals surface area contributed by atoms with Crippen LogP contribution in [0.5, 0.6) is 11.5 Å². The molecule has 1 N–H and O–H groups in total. The van der Waals surface area contributed by atoms with Gasteiger partial charge < -0.3 is 19.1 Å². The summed E-state index contributed by atoms with van der Waals surface area (Å²) in [5.74, 6) is 2.34. The van der Waals surface area contributed by atoms with E-state index in [1.165, 1.54) is 0 Å². The van der Waals surface area contributed by atoms with Crippen LogP contribution in [0.4, 0.5) is 0 Å². The highest BCUT2D eigenvalue weighted by molar-refractivity contribution is 5.40. The third-order valence-corrected chi connectivity index (χ3v) is 3.87. The fraction of sp³-hybridized carbons (Fsp3) is 0.471. The van der Waals surface area contributed by atoms with Crippen LogP contribution in [-0.4, -0.2) is 42.5 Å². The van der Waals surface area contributed by atoms with Crippen LogP contribution in [0.2, 0.25) is 0 Å². The number of aliphatic hydroxyl groups excluding tert-OH is 1. The number of ether oxygens (including phenoxy) is 2. The Hall–Kier alpha value is -2.05. The maximum Gasteiger partial charge on any atom is 0.138 e. The van der Waals surface area contributed by atoms with Crippen molar-refractivity contribution in [3.8, 4) is 11.5 Å². The summed E-state index contributed by atoms with van der Waals surface area (Å²) < 4.78 is 15.9. The molecule has 0 aliphatic carbocycles. The van der Waals surface area contributed by atoms with Gasteiger partial charge in [-0.15, -0.1) is 0 Å². The number of hydrogen-bond donors (Lipinski definition) is 1. The first-order valence-corrected chi connectivity index (χ1v) is 7.55. The Kier molecular flexibility index (Phi) is 6.01. The third-order valence-electron chi connectivity index (χ3n) is 3.87. The molecule has 0 saturated heterocycles. The van der Waals surface area contributed by atoms with E-state index in [1.807, 2.05) is 32.0 Å². The number of rotatable bonds is 8. The molecular formula is C17H24N2O4. The molecule has 1 heterocycles. The fourth-order valence-corrected chi connectivity index (χ4v) is 2.53. The van der Waals surface area contributed by atoms with Gasteiger partial charge in [-0.05, 0) is 19.9 Å². The van der Waals surface area contributed by atoms with Gasteiger partial charge in [-0.1, -0.05) is 11.2 Å². The number of aryl methyl sites for hydroxylation is 2. The zero-order valence-corrected chi connectivity index (χ0v) is 14.1. The second-order valence-electron chi connectivity index (χ2n) is 5.41. The molecular weight excluding hydrogens is 296 g/mol. The predicted octanol–water partition coefficient (Wildman–Crippen LogP) is 2.30. The van der Waals surface area contributed by atoms with Crippen molar-refractivity contribution < 1.29 is 19.1 Å². The fourth-order valence-electron chi connectivity index (χ4n) is 2.53. The smallest absolute Gasteiger partial charge is 0.138 e. The Morgan fingerprint density at radius 1 is 1.17 bits per heavy atom. The number of aliphatic hydroxyl groups is 1. The quantitative estimate of drug-likeness (QED) is 0.805. The Bertz CT molecular complexity index is 620. The van der Waals surface area contributed by atoms with E-state index in [2.05, 4.69) is 10.1 Å². The molecule has 2 aromatic rings. The molecule has 0 unspecified atom stereocenters. The molecule has 2 rings (SSSR count). The van der Waals surface area contributed by atoms with Crippen LogP contribution in [-0.2, 0) is 13.1 Å². The lowest BCUT2D eigenvalue weighted by atomic mass is 10.1. The van der Waals surface area contributed by atoms with Gasteiger partial charge in [-0.25, -0.2) is 0 Å². The maximum atomic E-state index is 9.36. The molecule has 6 nitrogen and oxygen atoms in total. The van der Waals surface area contributed by atoms with Gasteiger partial charge >= 0.3 is 0 Å². The van der Waals surface area contributed by atoms with Crippen molar-refractivity contribution in [1.29, 1.82) is 0 Å². The van der Waals surface area contributed by atoms with Crippen LogP contribution in [0, 0.1) is 13.8 Å². The molecule has 6 heteroatoms. The zero-order valence-electron chi connectivity index (χ0n) is 14.1. The number of aromatic nitrogens is 1. The number of hydrogen-bond acceptors (Lipinski definition) is 6. The molecule has 0 aliphatic heterocycles. The first kappa shape index (κ1) is 17.3. The lowest BCUT2D eigenvalue weighted by molar-refractivity contribution is 0.182. The summed E-state index contributed by atoms with van der Waals surface area (Å²) in [5, 5.41) is 13.3. The van der Waals surface area contributed by atoms with Crippen molar-refractivity contribution >= 4 is 0 Å². The second-order valence-corrected chi connectivity index (χ2v) is 5.41. The number of methoxy groups -OCH3 is 2. The monoisotopic (exact) mass is 320 g/mol. The minimum atomic E-state index is 0.0852. The van der Waals surface area contributed by atoms with Crippen molar-refractivity contribution in [3.63, 3.8) is 0 Å². The predicted molar refractivity (Wildman–Crippen MR) is 86.7 cm³/mol. The highest BCUT2D eigenvalue weighted by Crippen LogP contribution is 2.26. The van der Waals surface area contributed by atoms with Gasteiger partial charge in [0.1, 0.15) is 17.3 Å². The summed E-state index contributed by atoms with van der Waals surface area (Å²) in [6, 6.07) is 5.75. The van der Waals surface area contributed by atoms with Crippen LogP contribution in [0.1, 0.15) is 22.6 Å². The van der Waals surface area contributed by atoms with Crippen molar-refractivity contribution in [2.45, 2.75) is 26.9 Å². The van der Waals surface area contributed by atoms with E-state index >= 15 is 0 Å². The first-order valence-electron chi connectivity index (χ1n) is 7.55. The molecule has 0 atom stereocenters. The number of benzene rings is 1. The Labute approximate surface area is 136 Å². The summed E-state index contributed by atoms with van der Waals surface area (Å²) in [4.78, 5) is 2.14. The molecule has 23 heavy (non-hydrogen) atoms. The molecule has 0 aliphatic rings. The lowest BCUT2D eigenvalue weighted by Gasteiger charge is -2.22. The average Bonchev–Trinajstić information content (AvgIpc) is 2.87. The minimum Gasteiger partial charge on any atom is -0.497 e. The standard InChI is InChI=1S/C17H24N2O4/c1-12-16(13(2)23-18-12)11-19(7-8-20)10-14-5-6-15(21-3)9-17(14)22-4/h5-6,9,20H,7-8,10-11H2,1-4H3. The highest BCUT2D eigenvalue weighted by atomic mass is 16.5. The van der Waals surface area contributed by atoms with Crippen LogP contribution in [0.3, 0.4) is 0 Å². The van der Waals surface area contributed by atoms with Crippen LogP contribution in [0.25, 0.3) is 0 Å². The molecule has 1 aromatic carbocycles. The van der Waals surface area contributed by atoms with Gasteiger partial charge in [0.05, 0.1) is 26.5 Å². The summed E-state index contributed by atoms with van der Waals surface area (Å²) in [7, 11) is 3.27. The molecule has 0 radical (unpaired) electrons. The van der Waals surface area contributed by atoms with E-state index in [-0.39, 0.29) is 6.61 Å². The van der Waals surface area contributed by atoms with Gasteiger partial charge in [0.15, 0.2) is 0 Å². The van der Waals surface area contributed by atoms with Crippen LogP contribution < -0.4 is 9.47 Å². The summed E-state index contributed by atoms with van der Waals surface area (Å²) >= 11 is 0. The van der Waals surface area contributed by atoms with E-state index in [0.29, 0.717) is 19.6 Å². The molecule has 0 fully saturated rings. The summed E-state index contributed by atoms with van der Waals surface area (Å²) in [5.41, 5.74) is 2.98. The lowest BCUT2D eigenvalue weighted by Crippen LogP contribution is -2.26. The molecule has 1 aromatic heterocycles. The van der Waals surface area contributed by atoms with E-state index in [1.54, 1.807) is 14.2 Å². The van der Waals surface area contributed by atoms with Gasteiger partial charge in [-0.3, -0.25) is 4.90 Å². The van der Waals surface area contributed by atoms with Gasteiger partial charge in [0.2, 0.25) is 0 Å². The van der Waals surface area contributed by atoms with Crippen LogP contribution >= 0.6 is 0 Å². The van der Waals surface area contributed by atoms with E-state index < -0.39 is 0 Å². The minimum absolute atomic E-state index is 0.0852. The van der Waals surface area contributed by atoms with E-state index in [4.69, 9.17) is 14.0 Å². The SMILES string of the molecule is COc1ccc(CN(CCO)Cc2c(C)noc2C)c(OC)c1. The Morgan fingerprint density at radius 3 is 2.52 bits per heavy atom. The van der Waals surface area contributed by atoms with E-state index in [9.17, 15) is 5.11 Å². The molecule has 0 spiro atoms. The van der Waals surface area contributed by atoms with Crippen molar-refractivity contribution in [1.82, 2.24) is 10.1 Å². The van der Waals surface area contributed by atoms with Crippen molar-refractivity contribution in [2.75, 3.05) is 27.4 Å². The highest BCUT2D eigenvalue weighted by Gasteiger charge is 2.16. The molecule has 126 valence electrons. The second kappa shape index (κ2) is 7.99. The first-order chi connectivity index (χ1) is 11.1. The average molecular weight is 320 g/mol. The topological polar surface area (TPSA) is 68.0 Å². The number of nitrogens with zero attached hydrogens (tertiary/aromatic N) is 2. The van der Waals surface area contributed by atoms with Gasteiger partial charge in [-0.2, -0.15) is 0 Å². The van der Waals surface area contributed by atoms with Gasteiger partial charge in [0, 0.05) is 36.8 Å².